The summed E-state index contributed by atoms with van der Waals surface area (Å²) in [7, 11) is 0. The van der Waals surface area contributed by atoms with Gasteiger partial charge in [-0.2, -0.15) is 0 Å². The Kier molecular flexibility index (Phi) is 4.87. The molecule has 1 aromatic heterocycles. The van der Waals surface area contributed by atoms with Crippen LogP contribution < -0.4 is 10.6 Å². The van der Waals surface area contributed by atoms with Gasteiger partial charge in [0, 0.05) is 17.8 Å². The number of amides is 1. The number of hydrogen-bond donors (Lipinski definition) is 2. The van der Waals surface area contributed by atoms with Gasteiger partial charge in [-0.3, -0.25) is 4.79 Å². The molecular formula is C16H20N4O. The lowest BCUT2D eigenvalue weighted by atomic mass is 10.2. The number of nitrogens with one attached hydrogen (secondary N) is 2. The molecule has 1 amide bonds. The molecule has 0 aliphatic heterocycles. The van der Waals surface area contributed by atoms with Crippen LogP contribution in [0.15, 0.2) is 36.7 Å². The van der Waals surface area contributed by atoms with E-state index < -0.39 is 0 Å². The molecule has 21 heavy (non-hydrogen) atoms. The number of carbonyl (C=O) groups is 1. The largest absolute Gasteiger partial charge is 0.368 e. The molecule has 0 saturated heterocycles. The Morgan fingerprint density at radius 3 is 2.81 bits per heavy atom. The van der Waals surface area contributed by atoms with Crippen LogP contribution in [-0.4, -0.2) is 21.9 Å². The molecule has 0 saturated carbocycles. The molecule has 110 valence electrons. The summed E-state index contributed by atoms with van der Waals surface area (Å²) in [6.45, 7) is 6.13. The Hall–Kier alpha value is -2.43. The summed E-state index contributed by atoms with van der Waals surface area (Å²) < 4.78 is 0. The second-order valence-electron chi connectivity index (χ2n) is 5.07. The van der Waals surface area contributed by atoms with E-state index in [1.807, 2.05) is 31.2 Å². The van der Waals surface area contributed by atoms with Crippen molar-refractivity contribution in [1.29, 1.82) is 0 Å². The van der Waals surface area contributed by atoms with Gasteiger partial charge in [-0.1, -0.05) is 19.1 Å². The summed E-state index contributed by atoms with van der Waals surface area (Å²) in [5.74, 6) is 0.420. The van der Waals surface area contributed by atoms with Gasteiger partial charge in [0.25, 0.3) is 5.91 Å². The number of benzene rings is 1. The SMILES string of the molecule is CCC(C)Nc1cc(C(=O)Nc2cccc(C)c2)ncn1. The third kappa shape index (κ3) is 4.27. The lowest BCUT2D eigenvalue weighted by Gasteiger charge is -2.12. The standard InChI is InChI=1S/C16H20N4O/c1-4-12(3)19-15-9-14(17-10-18-15)16(21)20-13-7-5-6-11(2)8-13/h5-10,12H,4H2,1-3H3,(H,20,21)(H,17,18,19). The fourth-order valence-electron chi connectivity index (χ4n) is 1.83. The van der Waals surface area contributed by atoms with E-state index in [1.54, 1.807) is 6.07 Å². The molecule has 5 heteroatoms. The molecule has 0 aliphatic rings. The third-order valence-electron chi connectivity index (χ3n) is 3.18. The molecule has 0 aliphatic carbocycles. The van der Waals surface area contributed by atoms with Crippen LogP contribution in [0.4, 0.5) is 11.5 Å². The normalized spacial score (nSPS) is 11.8. The zero-order chi connectivity index (χ0) is 15.2. The number of anilines is 2. The molecule has 1 atom stereocenters. The van der Waals surface area contributed by atoms with Gasteiger partial charge in [0.1, 0.15) is 17.8 Å². The van der Waals surface area contributed by atoms with Gasteiger partial charge in [-0.25, -0.2) is 9.97 Å². The minimum Gasteiger partial charge on any atom is -0.368 e. The maximum Gasteiger partial charge on any atom is 0.274 e. The van der Waals surface area contributed by atoms with Gasteiger partial charge < -0.3 is 10.6 Å². The molecule has 5 nitrogen and oxygen atoms in total. The van der Waals surface area contributed by atoms with Gasteiger partial charge in [-0.05, 0) is 38.0 Å². The van der Waals surface area contributed by atoms with Crippen molar-refractivity contribution in [3.8, 4) is 0 Å². The molecule has 0 bridgehead atoms. The van der Waals surface area contributed by atoms with Crippen molar-refractivity contribution in [2.45, 2.75) is 33.2 Å². The zero-order valence-electron chi connectivity index (χ0n) is 12.6. The molecule has 0 spiro atoms. The van der Waals surface area contributed by atoms with E-state index in [0.29, 0.717) is 17.6 Å². The topological polar surface area (TPSA) is 66.9 Å². The van der Waals surface area contributed by atoms with Crippen molar-refractivity contribution in [2.75, 3.05) is 10.6 Å². The molecule has 2 aromatic rings. The lowest BCUT2D eigenvalue weighted by Crippen LogP contribution is -2.17. The van der Waals surface area contributed by atoms with E-state index in [1.165, 1.54) is 6.33 Å². The van der Waals surface area contributed by atoms with Gasteiger partial charge in [0.2, 0.25) is 0 Å². The number of aryl methyl sites for hydroxylation is 1. The van der Waals surface area contributed by atoms with Crippen LogP contribution in [0.3, 0.4) is 0 Å². The molecular weight excluding hydrogens is 264 g/mol. The Balaban J connectivity index is 2.10. The summed E-state index contributed by atoms with van der Waals surface area (Å²) in [6.07, 6.45) is 2.38. The van der Waals surface area contributed by atoms with Crippen LogP contribution in [0.25, 0.3) is 0 Å². The minimum atomic E-state index is -0.241. The summed E-state index contributed by atoms with van der Waals surface area (Å²) in [5, 5.41) is 6.07. The van der Waals surface area contributed by atoms with Crippen molar-refractivity contribution < 1.29 is 4.79 Å². The Labute approximate surface area is 124 Å². The first-order chi connectivity index (χ1) is 10.1. The average Bonchev–Trinajstić information content (AvgIpc) is 2.47. The molecule has 1 heterocycles. The summed E-state index contributed by atoms with van der Waals surface area (Å²) in [6, 6.07) is 9.61. The molecule has 2 N–H and O–H groups in total. The highest BCUT2D eigenvalue weighted by molar-refractivity contribution is 6.03. The van der Waals surface area contributed by atoms with Gasteiger partial charge in [0.05, 0.1) is 0 Å². The summed E-state index contributed by atoms with van der Waals surface area (Å²) in [5.41, 5.74) is 2.20. The average molecular weight is 284 g/mol. The van der Waals surface area contributed by atoms with E-state index >= 15 is 0 Å². The van der Waals surface area contributed by atoms with E-state index in [2.05, 4.69) is 34.4 Å². The molecule has 1 unspecified atom stereocenters. The minimum absolute atomic E-state index is 0.241. The Morgan fingerprint density at radius 2 is 2.10 bits per heavy atom. The number of rotatable bonds is 5. The van der Waals surface area contributed by atoms with Gasteiger partial charge in [0.15, 0.2) is 0 Å². The van der Waals surface area contributed by atoms with Crippen LogP contribution in [0.5, 0.6) is 0 Å². The first-order valence-corrected chi connectivity index (χ1v) is 7.05. The van der Waals surface area contributed by atoms with Crippen LogP contribution in [-0.2, 0) is 0 Å². The summed E-state index contributed by atoms with van der Waals surface area (Å²) in [4.78, 5) is 20.4. The Morgan fingerprint density at radius 1 is 1.29 bits per heavy atom. The molecule has 0 fully saturated rings. The fraction of sp³-hybridized carbons (Fsp3) is 0.312. The van der Waals surface area contributed by atoms with E-state index in [4.69, 9.17) is 0 Å². The predicted octanol–water partition coefficient (Wildman–Crippen LogP) is 3.25. The van der Waals surface area contributed by atoms with Crippen molar-refractivity contribution >= 4 is 17.4 Å². The highest BCUT2D eigenvalue weighted by Gasteiger charge is 2.10. The van der Waals surface area contributed by atoms with Crippen molar-refractivity contribution in [3.63, 3.8) is 0 Å². The molecule has 1 aromatic carbocycles. The number of hydrogen-bond acceptors (Lipinski definition) is 4. The highest BCUT2D eigenvalue weighted by Crippen LogP contribution is 2.12. The van der Waals surface area contributed by atoms with Crippen LogP contribution in [0.2, 0.25) is 0 Å². The van der Waals surface area contributed by atoms with Crippen molar-refractivity contribution in [1.82, 2.24) is 9.97 Å². The maximum absolute atomic E-state index is 12.2. The first kappa shape index (κ1) is 15.0. The van der Waals surface area contributed by atoms with Crippen LogP contribution in [0.1, 0.15) is 36.3 Å². The summed E-state index contributed by atoms with van der Waals surface area (Å²) >= 11 is 0. The van der Waals surface area contributed by atoms with Gasteiger partial charge in [-0.15, -0.1) is 0 Å². The van der Waals surface area contributed by atoms with Crippen molar-refractivity contribution in [2.24, 2.45) is 0 Å². The van der Waals surface area contributed by atoms with E-state index in [9.17, 15) is 4.79 Å². The van der Waals surface area contributed by atoms with Crippen LogP contribution >= 0.6 is 0 Å². The highest BCUT2D eigenvalue weighted by atomic mass is 16.1. The van der Waals surface area contributed by atoms with Crippen LogP contribution in [0, 0.1) is 6.92 Å². The number of aromatic nitrogens is 2. The zero-order valence-corrected chi connectivity index (χ0v) is 12.6. The quantitative estimate of drug-likeness (QED) is 0.884. The maximum atomic E-state index is 12.2. The Bertz CT molecular complexity index is 627. The lowest BCUT2D eigenvalue weighted by molar-refractivity contribution is 0.102. The smallest absolute Gasteiger partial charge is 0.274 e. The molecule has 0 radical (unpaired) electrons. The van der Waals surface area contributed by atoms with Crippen molar-refractivity contribution in [3.05, 3.63) is 47.9 Å². The fourth-order valence-corrected chi connectivity index (χ4v) is 1.83. The van der Waals surface area contributed by atoms with E-state index in [-0.39, 0.29) is 5.91 Å². The van der Waals surface area contributed by atoms with Gasteiger partial charge >= 0.3 is 0 Å². The first-order valence-electron chi connectivity index (χ1n) is 7.05. The third-order valence-corrected chi connectivity index (χ3v) is 3.18. The number of carbonyl (C=O) groups excluding carboxylic acids is 1. The monoisotopic (exact) mass is 284 g/mol. The predicted molar refractivity (Wildman–Crippen MR) is 84.5 cm³/mol. The second-order valence-corrected chi connectivity index (χ2v) is 5.07. The second kappa shape index (κ2) is 6.83. The van der Waals surface area contributed by atoms with E-state index in [0.717, 1.165) is 17.7 Å². The number of nitrogens with zero attached hydrogens (tertiary/aromatic N) is 2. The molecule has 2 rings (SSSR count).